The van der Waals surface area contributed by atoms with Gasteiger partial charge in [-0.15, -0.1) is 0 Å². The van der Waals surface area contributed by atoms with Gasteiger partial charge in [-0.2, -0.15) is 8.42 Å². The Kier molecular flexibility index (Phi) is 3.15. The first-order chi connectivity index (χ1) is 5.49. The Balaban J connectivity index is 2.34. The Morgan fingerprint density at radius 1 is 1.67 bits per heavy atom. The van der Waals surface area contributed by atoms with Crippen molar-refractivity contribution in [2.24, 2.45) is 0 Å². The van der Waals surface area contributed by atoms with E-state index in [1.807, 2.05) is 0 Å². The zero-order valence-corrected chi connectivity index (χ0v) is 7.30. The first kappa shape index (κ1) is 10.0. The maximum Gasteiger partial charge on any atom is 0.400 e. The van der Waals surface area contributed by atoms with Crippen LogP contribution in [0.4, 0.5) is 0 Å². The maximum atomic E-state index is 10.4. The monoisotopic (exact) mass is 217 g/mol. The van der Waals surface area contributed by atoms with Crippen LogP contribution in [-0.4, -0.2) is 36.5 Å². The molecule has 0 saturated carbocycles. The summed E-state index contributed by atoms with van der Waals surface area (Å²) in [5.41, 5.74) is 0. The van der Waals surface area contributed by atoms with E-state index in [2.05, 4.69) is 12.5 Å². The molecule has 0 spiro atoms. The van der Waals surface area contributed by atoms with Gasteiger partial charge in [0.15, 0.2) is 0 Å². The van der Waals surface area contributed by atoms with Crippen molar-refractivity contribution in [3.8, 4) is 0 Å². The van der Waals surface area contributed by atoms with Gasteiger partial charge in [0.05, 0.1) is 24.6 Å². The molecule has 0 aromatic rings. The fourth-order valence-corrected chi connectivity index (χ4v) is 1.67. The highest BCUT2D eigenvalue weighted by atomic mass is 32.3. The maximum absolute atomic E-state index is 10.4. The first-order valence-electron chi connectivity index (χ1n) is 2.80. The molecule has 1 heterocycles. The minimum atomic E-state index is -3.92. The zero-order chi connectivity index (χ0) is 9.19. The lowest BCUT2D eigenvalue weighted by Gasteiger charge is -2.07. The van der Waals surface area contributed by atoms with Crippen molar-refractivity contribution >= 4 is 21.8 Å². The van der Waals surface area contributed by atoms with Crippen LogP contribution in [0.1, 0.15) is 0 Å². The van der Waals surface area contributed by atoms with Crippen molar-refractivity contribution in [1.82, 2.24) is 0 Å². The molecule has 1 rings (SSSR count). The molecule has 1 saturated heterocycles. The highest BCUT2D eigenvalue weighted by molar-refractivity contribution is 7.82. The highest BCUT2D eigenvalue weighted by Gasteiger charge is 2.30. The first-order valence-corrected chi connectivity index (χ1v) is 5.13. The second-order valence-corrected chi connectivity index (χ2v) is 3.79. The molecule has 0 aliphatic carbocycles. The molecule has 12 heavy (non-hydrogen) atoms. The third kappa shape index (κ3) is 3.13. The Morgan fingerprint density at radius 2 is 2.33 bits per heavy atom. The Hall–Kier alpha value is -0.0600. The fourth-order valence-electron chi connectivity index (χ4n) is 0.589. The third-order valence-corrected chi connectivity index (χ3v) is 2.26. The molecule has 1 aliphatic heterocycles. The normalized spacial score (nSPS) is 30.2. The van der Waals surface area contributed by atoms with Crippen LogP contribution in [0.2, 0.25) is 0 Å². The molecule has 0 bridgehead atoms. The summed E-state index contributed by atoms with van der Waals surface area (Å²) in [5.74, 6) is 0. The summed E-state index contributed by atoms with van der Waals surface area (Å²) >= 11 is -2.67. The van der Waals surface area contributed by atoms with E-state index < -0.39 is 27.9 Å². The molecule has 72 valence electrons. The van der Waals surface area contributed by atoms with Crippen molar-refractivity contribution in [2.75, 3.05) is 13.2 Å². The van der Waals surface area contributed by atoms with E-state index in [-0.39, 0.29) is 13.2 Å². The summed E-state index contributed by atoms with van der Waals surface area (Å²) in [5, 5.41) is 0. The molecular formula is C3H5O7S2-. The van der Waals surface area contributed by atoms with Crippen molar-refractivity contribution in [1.29, 1.82) is 0 Å². The van der Waals surface area contributed by atoms with E-state index in [0.717, 1.165) is 0 Å². The summed E-state index contributed by atoms with van der Waals surface area (Å²) in [6, 6.07) is 0. The SMILES string of the molecule is O=S([O-])OCC1COS(=O)(=O)O1. The molecule has 0 aromatic heterocycles. The summed E-state index contributed by atoms with van der Waals surface area (Å²) < 4.78 is 53.0. The molecule has 7 nitrogen and oxygen atoms in total. The molecule has 2 atom stereocenters. The van der Waals surface area contributed by atoms with Crippen LogP contribution in [0, 0.1) is 0 Å². The van der Waals surface area contributed by atoms with Crippen molar-refractivity contribution in [3.63, 3.8) is 0 Å². The van der Waals surface area contributed by atoms with Gasteiger partial charge in [-0.25, -0.2) is 12.6 Å². The predicted octanol–water partition coefficient (Wildman–Crippen LogP) is -1.54. The second-order valence-electron chi connectivity index (χ2n) is 1.90. The van der Waals surface area contributed by atoms with E-state index in [1.165, 1.54) is 0 Å². The predicted molar refractivity (Wildman–Crippen MR) is 34.6 cm³/mol. The van der Waals surface area contributed by atoms with Crippen LogP contribution in [0.3, 0.4) is 0 Å². The minimum Gasteiger partial charge on any atom is -0.750 e. The van der Waals surface area contributed by atoms with Gasteiger partial charge in [0.25, 0.3) is 0 Å². The van der Waals surface area contributed by atoms with Crippen LogP contribution >= 0.6 is 0 Å². The molecule has 9 heteroatoms. The molecule has 0 radical (unpaired) electrons. The van der Waals surface area contributed by atoms with Crippen LogP contribution in [0.15, 0.2) is 0 Å². The van der Waals surface area contributed by atoms with Gasteiger partial charge in [0.2, 0.25) is 0 Å². The van der Waals surface area contributed by atoms with Crippen LogP contribution < -0.4 is 0 Å². The van der Waals surface area contributed by atoms with Gasteiger partial charge in [0, 0.05) is 0 Å². The van der Waals surface area contributed by atoms with E-state index in [9.17, 15) is 17.2 Å². The number of hydrogen-bond acceptors (Lipinski definition) is 7. The van der Waals surface area contributed by atoms with Crippen LogP contribution in [-0.2, 0) is 34.3 Å². The van der Waals surface area contributed by atoms with E-state index >= 15 is 0 Å². The molecule has 0 N–H and O–H groups in total. The zero-order valence-electron chi connectivity index (χ0n) is 5.67. The lowest BCUT2D eigenvalue weighted by atomic mass is 10.4. The molecule has 2 unspecified atom stereocenters. The number of hydrogen-bond donors (Lipinski definition) is 0. The largest absolute Gasteiger partial charge is 0.750 e. The van der Waals surface area contributed by atoms with E-state index in [1.54, 1.807) is 0 Å². The summed E-state index contributed by atoms with van der Waals surface area (Å²) in [4.78, 5) is 0. The van der Waals surface area contributed by atoms with Crippen molar-refractivity contribution < 1.29 is 29.7 Å². The van der Waals surface area contributed by atoms with Gasteiger partial charge in [-0.3, -0.25) is 4.18 Å². The number of rotatable bonds is 3. The molecular weight excluding hydrogens is 212 g/mol. The minimum absolute atomic E-state index is 0.223. The van der Waals surface area contributed by atoms with Gasteiger partial charge >= 0.3 is 10.4 Å². The lowest BCUT2D eigenvalue weighted by molar-refractivity contribution is 0.150. The van der Waals surface area contributed by atoms with Crippen LogP contribution in [0.25, 0.3) is 0 Å². The molecule has 1 fully saturated rings. The average Bonchev–Trinajstić information content (AvgIpc) is 2.26. The summed E-state index contributed by atoms with van der Waals surface area (Å²) in [7, 11) is -3.92. The second kappa shape index (κ2) is 3.77. The topological polar surface area (TPSA) is 102 Å². The average molecular weight is 217 g/mol. The van der Waals surface area contributed by atoms with Gasteiger partial charge in [-0.05, 0) is 0 Å². The van der Waals surface area contributed by atoms with Gasteiger partial charge in [0.1, 0.15) is 6.10 Å². The van der Waals surface area contributed by atoms with Gasteiger partial charge < -0.3 is 4.55 Å². The fraction of sp³-hybridized carbons (Fsp3) is 1.00. The smallest absolute Gasteiger partial charge is 0.400 e. The molecule has 0 aromatic carbocycles. The summed E-state index contributed by atoms with van der Waals surface area (Å²) in [6.45, 7) is -0.588. The lowest BCUT2D eigenvalue weighted by Crippen LogP contribution is -2.18. The highest BCUT2D eigenvalue weighted by Crippen LogP contribution is 2.12. The Morgan fingerprint density at radius 3 is 2.75 bits per heavy atom. The standard InChI is InChI=1S/C3H6O7S2/c4-11(5)8-1-3-2-9-12(6,7)10-3/h3H,1-2H2,(H,4,5)/p-1. The van der Waals surface area contributed by atoms with Crippen molar-refractivity contribution in [3.05, 3.63) is 0 Å². The quantitative estimate of drug-likeness (QED) is 0.527. The third-order valence-electron chi connectivity index (χ3n) is 1.00. The molecule has 1 aliphatic rings. The van der Waals surface area contributed by atoms with Gasteiger partial charge in [-0.1, -0.05) is 0 Å². The van der Waals surface area contributed by atoms with Crippen LogP contribution in [0.5, 0.6) is 0 Å². The van der Waals surface area contributed by atoms with Crippen molar-refractivity contribution in [2.45, 2.75) is 6.10 Å². The van der Waals surface area contributed by atoms with E-state index in [0.29, 0.717) is 0 Å². The Bertz CT molecular complexity index is 268. The van der Waals surface area contributed by atoms with E-state index in [4.69, 9.17) is 0 Å². The summed E-state index contributed by atoms with van der Waals surface area (Å²) in [6.07, 6.45) is -0.882. The Labute approximate surface area is 71.4 Å². The molecule has 0 amide bonds.